The van der Waals surface area contributed by atoms with Crippen molar-refractivity contribution in [2.75, 3.05) is 0 Å². The van der Waals surface area contributed by atoms with E-state index in [9.17, 15) is 5.11 Å². The predicted molar refractivity (Wildman–Crippen MR) is 75.4 cm³/mol. The lowest BCUT2D eigenvalue weighted by Gasteiger charge is -2.32. The van der Waals surface area contributed by atoms with Gasteiger partial charge >= 0.3 is 0 Å². The van der Waals surface area contributed by atoms with Crippen LogP contribution in [0.15, 0.2) is 42.5 Å². The average molecular weight is 254 g/mol. The lowest BCUT2D eigenvalue weighted by molar-refractivity contribution is 0.0205. The predicted octanol–water partition coefficient (Wildman–Crippen LogP) is 3.34. The molecule has 1 aliphatic rings. The minimum absolute atomic E-state index is 0.269. The molecule has 0 saturated heterocycles. The molecule has 1 aliphatic heterocycles. The van der Waals surface area contributed by atoms with Gasteiger partial charge in [-0.1, -0.05) is 36.4 Å². The first-order chi connectivity index (χ1) is 9.15. The van der Waals surface area contributed by atoms with Crippen molar-refractivity contribution in [3.05, 3.63) is 64.7 Å². The number of fused-ring (bicyclic) bond motifs is 1. The maximum atomic E-state index is 10.3. The fourth-order valence-corrected chi connectivity index (χ4v) is 2.79. The number of hydrogen-bond donors (Lipinski definition) is 1. The molecule has 1 heterocycles. The summed E-state index contributed by atoms with van der Waals surface area (Å²) in [7, 11) is 0. The minimum Gasteiger partial charge on any atom is -0.483 e. The Balaban J connectivity index is 2.00. The Kier molecular flexibility index (Phi) is 3.03. The maximum absolute atomic E-state index is 10.3. The summed E-state index contributed by atoms with van der Waals surface area (Å²) in [4.78, 5) is 0. The summed E-state index contributed by atoms with van der Waals surface area (Å²) in [6, 6.07) is 14.1. The summed E-state index contributed by atoms with van der Waals surface area (Å²) in [5.41, 5.74) is 4.55. The van der Waals surface area contributed by atoms with Crippen LogP contribution in [0.25, 0.3) is 0 Å². The second kappa shape index (κ2) is 4.71. The molecule has 1 N–H and O–H groups in total. The van der Waals surface area contributed by atoms with Gasteiger partial charge in [0, 0.05) is 6.42 Å². The van der Waals surface area contributed by atoms with Crippen molar-refractivity contribution in [3.8, 4) is 5.75 Å². The minimum atomic E-state index is -0.490. The fraction of sp³-hybridized carbons (Fsp3) is 0.294. The first-order valence-corrected chi connectivity index (χ1v) is 6.65. The number of aliphatic hydroxyl groups is 1. The molecule has 0 fully saturated rings. The van der Waals surface area contributed by atoms with Crippen molar-refractivity contribution in [1.82, 2.24) is 0 Å². The Morgan fingerprint density at radius 2 is 1.84 bits per heavy atom. The van der Waals surface area contributed by atoms with Gasteiger partial charge in [0.25, 0.3) is 0 Å². The van der Waals surface area contributed by atoms with E-state index in [4.69, 9.17) is 4.74 Å². The van der Waals surface area contributed by atoms with Crippen LogP contribution < -0.4 is 4.74 Å². The van der Waals surface area contributed by atoms with E-state index in [1.807, 2.05) is 30.3 Å². The van der Waals surface area contributed by atoms with Crippen molar-refractivity contribution in [2.45, 2.75) is 32.5 Å². The SMILES string of the molecule is Cc1cc(C)c2c(c1)O[C@H](c1ccccc1)[C@@H](O)C2. The molecule has 0 spiro atoms. The van der Waals surface area contributed by atoms with Gasteiger partial charge in [0.2, 0.25) is 0 Å². The van der Waals surface area contributed by atoms with Crippen LogP contribution in [-0.2, 0) is 6.42 Å². The van der Waals surface area contributed by atoms with E-state index < -0.39 is 6.10 Å². The third-order valence-corrected chi connectivity index (χ3v) is 3.72. The van der Waals surface area contributed by atoms with E-state index >= 15 is 0 Å². The third kappa shape index (κ3) is 2.24. The average Bonchev–Trinajstić information content (AvgIpc) is 2.40. The molecule has 0 amide bonds. The van der Waals surface area contributed by atoms with Gasteiger partial charge in [-0.05, 0) is 42.2 Å². The van der Waals surface area contributed by atoms with Gasteiger partial charge < -0.3 is 9.84 Å². The molecule has 19 heavy (non-hydrogen) atoms. The normalized spacial score (nSPS) is 21.6. The summed E-state index contributed by atoms with van der Waals surface area (Å²) in [5.74, 6) is 0.914. The van der Waals surface area contributed by atoms with Crippen molar-refractivity contribution in [3.63, 3.8) is 0 Å². The summed E-state index contributed by atoms with van der Waals surface area (Å²) in [6.45, 7) is 4.14. The highest BCUT2D eigenvalue weighted by Gasteiger charge is 2.30. The Labute approximate surface area is 113 Å². The Bertz CT molecular complexity index is 590. The molecular weight excluding hydrogens is 236 g/mol. The molecule has 2 nitrogen and oxygen atoms in total. The zero-order valence-electron chi connectivity index (χ0n) is 11.3. The number of rotatable bonds is 1. The molecule has 2 atom stereocenters. The number of hydrogen-bond acceptors (Lipinski definition) is 2. The van der Waals surface area contributed by atoms with Crippen molar-refractivity contribution in [2.24, 2.45) is 0 Å². The van der Waals surface area contributed by atoms with Crippen LogP contribution in [0, 0.1) is 13.8 Å². The van der Waals surface area contributed by atoms with E-state index in [1.165, 1.54) is 11.1 Å². The molecule has 0 bridgehead atoms. The van der Waals surface area contributed by atoms with Crippen LogP contribution in [0.3, 0.4) is 0 Å². The topological polar surface area (TPSA) is 29.5 Å². The highest BCUT2D eigenvalue weighted by Crippen LogP contribution is 2.37. The fourth-order valence-electron chi connectivity index (χ4n) is 2.79. The first-order valence-electron chi connectivity index (χ1n) is 6.65. The first kappa shape index (κ1) is 12.2. The van der Waals surface area contributed by atoms with Crippen LogP contribution >= 0.6 is 0 Å². The van der Waals surface area contributed by atoms with Crippen molar-refractivity contribution >= 4 is 0 Å². The van der Waals surface area contributed by atoms with Crippen LogP contribution in [0.1, 0.15) is 28.4 Å². The van der Waals surface area contributed by atoms with E-state index in [2.05, 4.69) is 26.0 Å². The van der Waals surface area contributed by atoms with Crippen molar-refractivity contribution < 1.29 is 9.84 Å². The Morgan fingerprint density at radius 3 is 2.58 bits per heavy atom. The molecule has 3 rings (SSSR count). The molecule has 98 valence electrons. The largest absolute Gasteiger partial charge is 0.483 e. The highest BCUT2D eigenvalue weighted by atomic mass is 16.5. The molecule has 0 saturated carbocycles. The Hall–Kier alpha value is -1.80. The molecule has 0 aliphatic carbocycles. The second-order valence-electron chi connectivity index (χ2n) is 5.28. The number of aryl methyl sites for hydroxylation is 2. The Morgan fingerprint density at radius 1 is 1.11 bits per heavy atom. The van der Waals surface area contributed by atoms with Gasteiger partial charge in [0.15, 0.2) is 0 Å². The second-order valence-corrected chi connectivity index (χ2v) is 5.28. The number of aliphatic hydroxyl groups excluding tert-OH is 1. The van der Waals surface area contributed by atoms with Crippen molar-refractivity contribution in [1.29, 1.82) is 0 Å². The molecule has 0 unspecified atom stereocenters. The van der Waals surface area contributed by atoms with Crippen LogP contribution in [-0.4, -0.2) is 11.2 Å². The lowest BCUT2D eigenvalue weighted by atomic mass is 9.91. The quantitative estimate of drug-likeness (QED) is 0.845. The zero-order valence-corrected chi connectivity index (χ0v) is 11.3. The van der Waals surface area contributed by atoms with Gasteiger partial charge in [0.1, 0.15) is 11.9 Å². The zero-order chi connectivity index (χ0) is 13.4. The van der Waals surface area contributed by atoms with Gasteiger partial charge in [-0.25, -0.2) is 0 Å². The smallest absolute Gasteiger partial charge is 0.150 e. The lowest BCUT2D eigenvalue weighted by Crippen LogP contribution is -2.30. The van der Waals surface area contributed by atoms with E-state index in [0.29, 0.717) is 6.42 Å². The molecular formula is C17H18O2. The van der Waals surface area contributed by atoms with Crippen LogP contribution in [0.5, 0.6) is 5.75 Å². The standard InChI is InChI=1S/C17H18O2/c1-11-8-12(2)14-10-15(18)17(19-16(14)9-11)13-6-4-3-5-7-13/h3-9,15,17-18H,10H2,1-2H3/t15-,17+/m0/s1. The summed E-state index contributed by atoms with van der Waals surface area (Å²) in [5, 5.41) is 10.3. The summed E-state index contributed by atoms with van der Waals surface area (Å²) >= 11 is 0. The van der Waals surface area contributed by atoms with Crippen LogP contribution in [0.4, 0.5) is 0 Å². The van der Waals surface area contributed by atoms with E-state index in [0.717, 1.165) is 16.9 Å². The van der Waals surface area contributed by atoms with Crippen LogP contribution in [0.2, 0.25) is 0 Å². The molecule has 0 aromatic heterocycles. The molecule has 2 aromatic carbocycles. The van der Waals surface area contributed by atoms with Gasteiger partial charge in [0.05, 0.1) is 6.10 Å². The highest BCUT2D eigenvalue weighted by molar-refractivity contribution is 5.45. The number of ether oxygens (including phenoxy) is 1. The van der Waals surface area contributed by atoms with Gasteiger partial charge in [-0.15, -0.1) is 0 Å². The maximum Gasteiger partial charge on any atom is 0.150 e. The molecule has 0 radical (unpaired) electrons. The van der Waals surface area contributed by atoms with Gasteiger partial charge in [-0.2, -0.15) is 0 Å². The van der Waals surface area contributed by atoms with Gasteiger partial charge in [-0.3, -0.25) is 0 Å². The molecule has 2 aromatic rings. The summed E-state index contributed by atoms with van der Waals surface area (Å²) < 4.78 is 6.04. The third-order valence-electron chi connectivity index (χ3n) is 3.72. The van der Waals surface area contributed by atoms with E-state index in [1.54, 1.807) is 0 Å². The monoisotopic (exact) mass is 254 g/mol. The number of benzene rings is 2. The van der Waals surface area contributed by atoms with E-state index in [-0.39, 0.29) is 6.10 Å². The molecule has 2 heteroatoms. The summed E-state index contributed by atoms with van der Waals surface area (Å²) in [6.07, 6.45) is -0.104.